The summed E-state index contributed by atoms with van der Waals surface area (Å²) in [5.41, 5.74) is 2.73. The summed E-state index contributed by atoms with van der Waals surface area (Å²) < 4.78 is 38.9. The molecule has 0 amide bonds. The zero-order chi connectivity index (χ0) is 23.4. The third-order valence-electron chi connectivity index (χ3n) is 4.98. The molecular weight excluding hydrogens is 429 g/mol. The average molecular weight is 450 g/mol. The Hall–Kier alpha value is -4.01. The van der Waals surface area contributed by atoms with Gasteiger partial charge in [-0.2, -0.15) is 13.2 Å². The van der Waals surface area contributed by atoms with Gasteiger partial charge in [0.05, 0.1) is 5.56 Å². The van der Waals surface area contributed by atoms with Gasteiger partial charge in [-0.3, -0.25) is 4.98 Å². The molecule has 0 saturated carbocycles. The normalized spacial score (nSPS) is 11.3. The van der Waals surface area contributed by atoms with Crippen molar-refractivity contribution in [2.45, 2.75) is 12.7 Å². The van der Waals surface area contributed by atoms with Crippen LogP contribution in [-0.2, 0) is 12.7 Å². The Morgan fingerprint density at radius 2 is 1.61 bits per heavy atom. The van der Waals surface area contributed by atoms with Gasteiger partial charge >= 0.3 is 6.18 Å². The number of rotatable bonds is 6. The highest BCUT2D eigenvalue weighted by Crippen LogP contribution is 2.32. The summed E-state index contributed by atoms with van der Waals surface area (Å²) in [6.45, 7) is 0.446. The first kappa shape index (κ1) is 22.2. The van der Waals surface area contributed by atoms with Gasteiger partial charge in [-0.05, 0) is 42.0 Å². The van der Waals surface area contributed by atoms with E-state index in [1.165, 1.54) is 12.1 Å². The molecule has 0 bridgehead atoms. The first-order chi connectivity index (χ1) is 15.8. The van der Waals surface area contributed by atoms with Crippen molar-refractivity contribution in [2.75, 3.05) is 24.3 Å². The van der Waals surface area contributed by atoms with Crippen LogP contribution in [0.1, 0.15) is 11.1 Å². The lowest BCUT2D eigenvalue weighted by Gasteiger charge is -2.14. The van der Waals surface area contributed by atoms with Gasteiger partial charge in [-0.1, -0.05) is 30.3 Å². The molecule has 0 spiro atoms. The van der Waals surface area contributed by atoms with E-state index in [0.717, 1.165) is 23.4 Å². The third-order valence-corrected chi connectivity index (χ3v) is 4.98. The Morgan fingerprint density at radius 3 is 2.21 bits per heavy atom. The summed E-state index contributed by atoms with van der Waals surface area (Å²) in [6.07, 6.45) is -2.78. The summed E-state index contributed by atoms with van der Waals surface area (Å²) in [4.78, 5) is 10.8. The minimum atomic E-state index is -4.41. The number of pyridine rings is 1. The highest BCUT2D eigenvalue weighted by molar-refractivity contribution is 5.72. The first-order valence-corrected chi connectivity index (χ1v) is 10.1. The highest BCUT2D eigenvalue weighted by Gasteiger charge is 2.30. The number of alkyl halides is 3. The summed E-state index contributed by atoms with van der Waals surface area (Å²) in [6, 6.07) is 18.1. The maximum absolute atomic E-state index is 13.0. The average Bonchev–Trinajstić information content (AvgIpc) is 2.83. The van der Waals surface area contributed by atoms with E-state index in [1.807, 2.05) is 49.3 Å². The molecule has 9 heteroatoms. The molecule has 0 radical (unpaired) electrons. The molecule has 33 heavy (non-hydrogen) atoms. The molecule has 4 aromatic rings. The lowest BCUT2D eigenvalue weighted by Crippen LogP contribution is -2.10. The lowest BCUT2D eigenvalue weighted by molar-refractivity contribution is -0.137. The summed E-state index contributed by atoms with van der Waals surface area (Å²) in [5, 5.41) is 11.7. The smallest absolute Gasteiger partial charge is 0.378 e. The van der Waals surface area contributed by atoms with Crippen LogP contribution >= 0.6 is 0 Å². The van der Waals surface area contributed by atoms with Crippen molar-refractivity contribution in [2.24, 2.45) is 0 Å². The molecule has 1 N–H and O–H groups in total. The van der Waals surface area contributed by atoms with Crippen LogP contribution in [0, 0.1) is 0 Å². The van der Waals surface area contributed by atoms with Crippen LogP contribution in [-0.4, -0.2) is 34.3 Å². The Balaban J connectivity index is 1.67. The van der Waals surface area contributed by atoms with Crippen molar-refractivity contribution in [3.05, 3.63) is 84.1 Å². The maximum Gasteiger partial charge on any atom is 0.416 e. The molecule has 0 aliphatic carbocycles. The number of hydrogen-bond acceptors (Lipinski definition) is 6. The molecule has 6 nitrogen and oxygen atoms in total. The van der Waals surface area contributed by atoms with Crippen molar-refractivity contribution in [3.8, 4) is 22.8 Å². The van der Waals surface area contributed by atoms with Crippen LogP contribution in [0.25, 0.3) is 22.8 Å². The van der Waals surface area contributed by atoms with Crippen LogP contribution in [0.5, 0.6) is 0 Å². The second-order valence-electron chi connectivity index (χ2n) is 7.54. The quantitative estimate of drug-likeness (QED) is 0.430. The molecule has 0 unspecified atom stereocenters. The number of anilines is 2. The fourth-order valence-corrected chi connectivity index (χ4v) is 3.16. The van der Waals surface area contributed by atoms with E-state index in [4.69, 9.17) is 0 Å². The summed E-state index contributed by atoms with van der Waals surface area (Å²) in [7, 11) is 3.94. The SMILES string of the molecule is CN(C)c1ccc(CNc2nc(-c3ccccn3)nnc2-c2ccc(C(F)(F)F)cc2)cc1. The Kier molecular flexibility index (Phi) is 6.21. The molecule has 2 aromatic heterocycles. The molecule has 0 aliphatic rings. The number of nitrogens with one attached hydrogen (secondary N) is 1. The number of hydrogen-bond donors (Lipinski definition) is 1. The lowest BCUT2D eigenvalue weighted by atomic mass is 10.1. The molecule has 168 valence electrons. The Bertz CT molecular complexity index is 1210. The maximum atomic E-state index is 13.0. The molecule has 2 heterocycles. The Labute approximate surface area is 189 Å². The van der Waals surface area contributed by atoms with Crippen LogP contribution in [0.4, 0.5) is 24.7 Å². The Morgan fingerprint density at radius 1 is 0.879 bits per heavy atom. The van der Waals surface area contributed by atoms with E-state index in [1.54, 1.807) is 18.3 Å². The molecule has 0 atom stereocenters. The number of benzene rings is 2. The van der Waals surface area contributed by atoms with Gasteiger partial charge in [-0.25, -0.2) is 4.98 Å². The number of aromatic nitrogens is 4. The van der Waals surface area contributed by atoms with E-state index in [2.05, 4.69) is 25.5 Å². The summed E-state index contributed by atoms with van der Waals surface area (Å²) in [5.74, 6) is 0.721. The first-order valence-electron chi connectivity index (χ1n) is 10.1. The largest absolute Gasteiger partial charge is 0.416 e. The van der Waals surface area contributed by atoms with Crippen LogP contribution in [0.3, 0.4) is 0 Å². The third kappa shape index (κ3) is 5.25. The van der Waals surface area contributed by atoms with E-state index in [-0.39, 0.29) is 0 Å². The second kappa shape index (κ2) is 9.23. The van der Waals surface area contributed by atoms with Crippen molar-refractivity contribution in [1.29, 1.82) is 0 Å². The topological polar surface area (TPSA) is 66.8 Å². The molecule has 2 aromatic carbocycles. The monoisotopic (exact) mass is 450 g/mol. The second-order valence-corrected chi connectivity index (χ2v) is 7.54. The molecule has 4 rings (SSSR count). The van der Waals surface area contributed by atoms with E-state index in [0.29, 0.717) is 35.1 Å². The van der Waals surface area contributed by atoms with E-state index >= 15 is 0 Å². The number of halogens is 3. The van der Waals surface area contributed by atoms with Crippen LogP contribution < -0.4 is 10.2 Å². The van der Waals surface area contributed by atoms with Crippen molar-refractivity contribution < 1.29 is 13.2 Å². The van der Waals surface area contributed by atoms with Crippen molar-refractivity contribution in [1.82, 2.24) is 20.2 Å². The number of nitrogens with zero attached hydrogens (tertiary/aromatic N) is 5. The predicted octanol–water partition coefficient (Wildman–Crippen LogP) is 5.30. The van der Waals surface area contributed by atoms with E-state index < -0.39 is 11.7 Å². The van der Waals surface area contributed by atoms with Gasteiger partial charge in [-0.15, -0.1) is 10.2 Å². The molecular formula is C24H21F3N6. The van der Waals surface area contributed by atoms with E-state index in [9.17, 15) is 13.2 Å². The predicted molar refractivity (Wildman–Crippen MR) is 122 cm³/mol. The summed E-state index contributed by atoms with van der Waals surface area (Å²) >= 11 is 0. The van der Waals surface area contributed by atoms with Crippen molar-refractivity contribution in [3.63, 3.8) is 0 Å². The standard InChI is InChI=1S/C24H21F3N6/c1-33(2)19-12-6-16(7-13-19)15-29-23-21(17-8-10-18(11-9-17)24(25,26)27)31-32-22(30-23)20-5-3-4-14-28-20/h3-14H,15H2,1-2H3,(H,29,30,32). The fourth-order valence-electron chi connectivity index (χ4n) is 3.16. The van der Waals surface area contributed by atoms with Gasteiger partial charge < -0.3 is 10.2 Å². The van der Waals surface area contributed by atoms with Crippen molar-refractivity contribution >= 4 is 11.5 Å². The van der Waals surface area contributed by atoms with Crippen LogP contribution in [0.2, 0.25) is 0 Å². The van der Waals surface area contributed by atoms with Gasteiger partial charge in [0.15, 0.2) is 5.82 Å². The van der Waals surface area contributed by atoms with Gasteiger partial charge in [0.1, 0.15) is 11.4 Å². The minimum absolute atomic E-state index is 0.316. The zero-order valence-corrected chi connectivity index (χ0v) is 18.0. The highest BCUT2D eigenvalue weighted by atomic mass is 19.4. The van der Waals surface area contributed by atoms with Gasteiger partial charge in [0.2, 0.25) is 5.82 Å². The molecule has 0 aliphatic heterocycles. The van der Waals surface area contributed by atoms with Gasteiger partial charge in [0.25, 0.3) is 0 Å². The fraction of sp³-hybridized carbons (Fsp3) is 0.167. The minimum Gasteiger partial charge on any atom is -0.378 e. The van der Waals surface area contributed by atoms with Gasteiger partial charge in [0, 0.05) is 38.1 Å². The molecule has 0 fully saturated rings. The molecule has 0 saturated heterocycles. The van der Waals surface area contributed by atoms with Crippen LogP contribution in [0.15, 0.2) is 72.9 Å². The zero-order valence-electron chi connectivity index (χ0n) is 18.0.